The molecule has 1 aromatic rings. The van der Waals surface area contributed by atoms with E-state index in [1.807, 2.05) is 25.8 Å². The van der Waals surface area contributed by atoms with E-state index in [0.717, 1.165) is 5.56 Å². The molecule has 0 unspecified atom stereocenters. The zero-order valence-electron chi connectivity index (χ0n) is 11.7. The Morgan fingerprint density at radius 3 is 2.21 bits per heavy atom. The largest absolute Gasteiger partial charge is 0.478 e. The van der Waals surface area contributed by atoms with Crippen LogP contribution in [0.1, 0.15) is 29.8 Å². The van der Waals surface area contributed by atoms with Crippen LogP contribution in [0.3, 0.4) is 0 Å². The lowest BCUT2D eigenvalue weighted by Crippen LogP contribution is -2.52. The molecule has 0 aliphatic heterocycles. The lowest BCUT2D eigenvalue weighted by atomic mass is 10.0. The summed E-state index contributed by atoms with van der Waals surface area (Å²) in [6.07, 6.45) is 0. The molecule has 19 heavy (non-hydrogen) atoms. The minimum atomic E-state index is -0.939. The fraction of sp³-hybridized carbons (Fsp3) is 0.429. The summed E-state index contributed by atoms with van der Waals surface area (Å²) in [6.45, 7) is 4.26. The van der Waals surface area contributed by atoms with Crippen LogP contribution in [0.5, 0.6) is 0 Å². The van der Waals surface area contributed by atoms with Crippen LogP contribution < -0.4 is 5.32 Å². The Kier molecular flexibility index (Phi) is 4.67. The molecule has 0 fully saturated rings. The second-order valence-corrected chi connectivity index (χ2v) is 5.00. The lowest BCUT2D eigenvalue weighted by Gasteiger charge is -2.33. The molecule has 0 aliphatic rings. The van der Waals surface area contributed by atoms with Crippen LogP contribution in [0.4, 0.5) is 0 Å². The van der Waals surface area contributed by atoms with Crippen molar-refractivity contribution in [3.8, 4) is 0 Å². The molecule has 0 heterocycles. The van der Waals surface area contributed by atoms with Gasteiger partial charge in [0.15, 0.2) is 0 Å². The van der Waals surface area contributed by atoms with Crippen molar-refractivity contribution in [3.63, 3.8) is 0 Å². The van der Waals surface area contributed by atoms with Crippen molar-refractivity contribution in [1.82, 2.24) is 10.2 Å². The average Bonchev–Trinajstić information content (AvgIpc) is 2.38. The summed E-state index contributed by atoms with van der Waals surface area (Å²) in [6, 6.07) is 6.66. The SMILES string of the molecule is CNC(=O)C(C)(C)N(C)Cc1ccc(C(=O)O)cc1. The maximum atomic E-state index is 11.8. The third kappa shape index (κ3) is 3.54. The highest BCUT2D eigenvalue weighted by molar-refractivity contribution is 5.87. The highest BCUT2D eigenvalue weighted by Gasteiger charge is 2.31. The minimum absolute atomic E-state index is 0.0582. The van der Waals surface area contributed by atoms with Crippen LogP contribution in [0.15, 0.2) is 24.3 Å². The van der Waals surface area contributed by atoms with Gasteiger partial charge < -0.3 is 10.4 Å². The number of nitrogens with zero attached hydrogens (tertiary/aromatic N) is 1. The molecule has 0 atom stereocenters. The fourth-order valence-corrected chi connectivity index (χ4v) is 1.70. The number of aromatic carboxylic acids is 1. The third-order valence-corrected chi connectivity index (χ3v) is 3.36. The summed E-state index contributed by atoms with van der Waals surface area (Å²) in [7, 11) is 3.47. The molecule has 0 saturated carbocycles. The summed E-state index contributed by atoms with van der Waals surface area (Å²) in [5.41, 5.74) is 0.599. The maximum absolute atomic E-state index is 11.8. The van der Waals surface area contributed by atoms with Gasteiger partial charge in [0.1, 0.15) is 0 Å². The number of carboxylic acid groups (broad SMARTS) is 1. The molecule has 2 N–H and O–H groups in total. The first-order valence-corrected chi connectivity index (χ1v) is 6.04. The zero-order valence-corrected chi connectivity index (χ0v) is 11.7. The molecule has 5 nitrogen and oxygen atoms in total. The van der Waals surface area contributed by atoms with E-state index in [4.69, 9.17) is 5.11 Å². The van der Waals surface area contributed by atoms with Crippen LogP contribution in [0, 0.1) is 0 Å². The van der Waals surface area contributed by atoms with Crippen molar-refractivity contribution in [1.29, 1.82) is 0 Å². The molecule has 0 radical (unpaired) electrons. The van der Waals surface area contributed by atoms with Gasteiger partial charge in [0.25, 0.3) is 0 Å². The molecular weight excluding hydrogens is 244 g/mol. The van der Waals surface area contributed by atoms with Crippen molar-refractivity contribution >= 4 is 11.9 Å². The summed E-state index contributed by atoms with van der Waals surface area (Å²) >= 11 is 0. The Balaban J connectivity index is 2.79. The minimum Gasteiger partial charge on any atom is -0.478 e. The predicted molar refractivity (Wildman–Crippen MR) is 73.0 cm³/mol. The molecule has 5 heteroatoms. The molecule has 104 valence electrons. The van der Waals surface area contributed by atoms with Crippen molar-refractivity contribution in [3.05, 3.63) is 35.4 Å². The molecule has 0 spiro atoms. The predicted octanol–water partition coefficient (Wildman–Crippen LogP) is 1.34. The van der Waals surface area contributed by atoms with Crippen molar-refractivity contribution in [2.45, 2.75) is 25.9 Å². The van der Waals surface area contributed by atoms with E-state index in [-0.39, 0.29) is 11.5 Å². The van der Waals surface area contributed by atoms with E-state index in [2.05, 4.69) is 5.32 Å². The highest BCUT2D eigenvalue weighted by atomic mass is 16.4. The van der Waals surface area contributed by atoms with Crippen LogP contribution in [0.2, 0.25) is 0 Å². The molecule has 0 saturated heterocycles. The molecule has 1 rings (SSSR count). The second kappa shape index (κ2) is 5.84. The topological polar surface area (TPSA) is 69.6 Å². The maximum Gasteiger partial charge on any atom is 0.335 e. The van der Waals surface area contributed by atoms with Gasteiger partial charge in [-0.15, -0.1) is 0 Å². The number of carbonyl (C=O) groups is 2. The Hall–Kier alpha value is -1.88. The van der Waals surface area contributed by atoms with Gasteiger partial charge in [-0.05, 0) is 38.6 Å². The number of hydrogen-bond acceptors (Lipinski definition) is 3. The number of carboxylic acids is 1. The summed E-state index contributed by atoms with van der Waals surface area (Å²) < 4.78 is 0. The van der Waals surface area contributed by atoms with Gasteiger partial charge in [-0.3, -0.25) is 9.69 Å². The third-order valence-electron chi connectivity index (χ3n) is 3.36. The summed E-state index contributed by atoms with van der Waals surface area (Å²) in [5, 5.41) is 11.5. The van der Waals surface area contributed by atoms with E-state index in [0.29, 0.717) is 6.54 Å². The van der Waals surface area contributed by atoms with E-state index >= 15 is 0 Å². The first-order chi connectivity index (χ1) is 8.78. The van der Waals surface area contributed by atoms with Crippen LogP contribution in [0.25, 0.3) is 0 Å². The Morgan fingerprint density at radius 1 is 1.26 bits per heavy atom. The van der Waals surface area contributed by atoms with Crippen LogP contribution in [-0.4, -0.2) is 41.5 Å². The number of rotatable bonds is 5. The van der Waals surface area contributed by atoms with Gasteiger partial charge in [0.05, 0.1) is 11.1 Å². The van der Waals surface area contributed by atoms with Crippen molar-refractivity contribution < 1.29 is 14.7 Å². The van der Waals surface area contributed by atoms with Gasteiger partial charge in [-0.2, -0.15) is 0 Å². The second-order valence-electron chi connectivity index (χ2n) is 5.00. The first kappa shape index (κ1) is 15.2. The Labute approximate surface area is 113 Å². The van der Waals surface area contributed by atoms with Crippen molar-refractivity contribution in [2.24, 2.45) is 0 Å². The fourth-order valence-electron chi connectivity index (χ4n) is 1.70. The number of hydrogen-bond donors (Lipinski definition) is 2. The number of likely N-dealkylation sites (N-methyl/N-ethyl adjacent to an activating group) is 2. The van der Waals surface area contributed by atoms with E-state index in [1.54, 1.807) is 31.3 Å². The average molecular weight is 264 g/mol. The summed E-state index contributed by atoms with van der Waals surface area (Å²) in [5.74, 6) is -0.997. The Bertz CT molecular complexity index is 466. The Morgan fingerprint density at radius 2 is 1.79 bits per heavy atom. The summed E-state index contributed by atoms with van der Waals surface area (Å²) in [4.78, 5) is 24.5. The molecule has 0 aliphatic carbocycles. The van der Waals surface area contributed by atoms with Gasteiger partial charge in [0.2, 0.25) is 5.91 Å². The monoisotopic (exact) mass is 264 g/mol. The van der Waals surface area contributed by atoms with Crippen LogP contribution in [-0.2, 0) is 11.3 Å². The zero-order chi connectivity index (χ0) is 14.6. The number of amides is 1. The van der Waals surface area contributed by atoms with E-state index < -0.39 is 11.5 Å². The number of benzene rings is 1. The molecule has 0 aromatic heterocycles. The van der Waals surface area contributed by atoms with Crippen LogP contribution >= 0.6 is 0 Å². The standard InChI is InChI=1S/C14H20N2O3/c1-14(2,13(19)15-3)16(4)9-10-5-7-11(8-6-10)12(17)18/h5-8H,9H2,1-4H3,(H,15,19)(H,17,18). The number of nitrogens with one attached hydrogen (secondary N) is 1. The molecule has 0 bridgehead atoms. The lowest BCUT2D eigenvalue weighted by molar-refractivity contribution is -0.130. The van der Waals surface area contributed by atoms with E-state index in [9.17, 15) is 9.59 Å². The number of carbonyl (C=O) groups excluding carboxylic acids is 1. The molecule has 1 amide bonds. The smallest absolute Gasteiger partial charge is 0.335 e. The highest BCUT2D eigenvalue weighted by Crippen LogP contribution is 2.16. The normalized spacial score (nSPS) is 11.4. The van der Waals surface area contributed by atoms with Crippen molar-refractivity contribution in [2.75, 3.05) is 14.1 Å². The quantitative estimate of drug-likeness (QED) is 0.842. The first-order valence-electron chi connectivity index (χ1n) is 6.04. The van der Waals surface area contributed by atoms with Gasteiger partial charge in [-0.25, -0.2) is 4.79 Å². The van der Waals surface area contributed by atoms with Gasteiger partial charge in [0, 0.05) is 13.6 Å². The van der Waals surface area contributed by atoms with E-state index in [1.165, 1.54) is 0 Å². The van der Waals surface area contributed by atoms with Gasteiger partial charge >= 0.3 is 5.97 Å². The molecule has 1 aromatic carbocycles. The van der Waals surface area contributed by atoms with Gasteiger partial charge in [-0.1, -0.05) is 12.1 Å². The molecular formula is C14H20N2O3.